The molecule has 0 aromatic heterocycles. The second-order valence-electron chi connectivity index (χ2n) is 8.08. The number of likely N-dealkylation sites (tertiary alicyclic amines) is 1. The van der Waals surface area contributed by atoms with Crippen molar-refractivity contribution in [1.82, 2.24) is 4.90 Å². The number of benzene rings is 1. The van der Waals surface area contributed by atoms with Crippen LogP contribution in [0, 0.1) is 30.6 Å². The van der Waals surface area contributed by atoms with Gasteiger partial charge >= 0.3 is 5.97 Å². The maximum Gasteiger partial charge on any atom is 0.329 e. The first-order valence-electron chi connectivity index (χ1n) is 9.77. The molecule has 1 aliphatic heterocycles. The van der Waals surface area contributed by atoms with Gasteiger partial charge in [-0.1, -0.05) is 18.2 Å². The number of carbonyl (C=O) groups excluding carboxylic acids is 4. The number of amides is 3. The number of nitrogens with zero attached hydrogens (tertiary/aromatic N) is 1. The molecule has 2 bridgehead atoms. The van der Waals surface area contributed by atoms with Crippen molar-refractivity contribution < 1.29 is 23.9 Å². The van der Waals surface area contributed by atoms with Crippen molar-refractivity contribution in [2.45, 2.75) is 39.2 Å². The maximum atomic E-state index is 12.8. The minimum Gasteiger partial charge on any atom is -0.454 e. The second-order valence-corrected chi connectivity index (χ2v) is 8.08. The summed E-state index contributed by atoms with van der Waals surface area (Å²) in [6.45, 7) is 2.88. The summed E-state index contributed by atoms with van der Waals surface area (Å²) in [4.78, 5) is 51.1. The molecule has 148 valence electrons. The third-order valence-electron chi connectivity index (χ3n) is 6.45. The Morgan fingerprint density at radius 3 is 2.36 bits per heavy atom. The summed E-state index contributed by atoms with van der Waals surface area (Å²) in [5.74, 6) is -1.74. The number of imide groups is 1. The first kappa shape index (κ1) is 18.7. The third-order valence-corrected chi connectivity index (χ3v) is 6.45. The molecular formula is C21H24N2O5. The summed E-state index contributed by atoms with van der Waals surface area (Å²) in [5.41, 5.74) is 1.54. The van der Waals surface area contributed by atoms with Crippen LogP contribution in [0.3, 0.4) is 0 Å². The highest BCUT2D eigenvalue weighted by Crippen LogP contribution is 2.56. The number of rotatable bonds is 5. The fraction of sp³-hybridized carbons (Fsp3) is 0.524. The number of hydrogen-bond acceptors (Lipinski definition) is 5. The Bertz CT molecular complexity index is 823. The van der Waals surface area contributed by atoms with Gasteiger partial charge < -0.3 is 10.1 Å². The Labute approximate surface area is 163 Å². The summed E-state index contributed by atoms with van der Waals surface area (Å²) in [7, 11) is 0. The van der Waals surface area contributed by atoms with Crippen LogP contribution in [-0.2, 0) is 23.9 Å². The quantitative estimate of drug-likeness (QED) is 0.618. The standard InChI is InChI=1S/C21H24N2O5/c1-11-5-3-4-6-15(11)22-16(24)10-28-21(27)12(2)23-19(25)17-13-7-8-14(9-13)18(17)20(23)26/h3-6,12-14,17-18H,7-10H2,1-2H3,(H,22,24)/t12-,13-,14+,17-,18+/m0/s1. The Balaban J connectivity index is 1.35. The van der Waals surface area contributed by atoms with E-state index in [-0.39, 0.29) is 35.5 Å². The molecule has 3 amide bonds. The van der Waals surface area contributed by atoms with E-state index in [1.54, 1.807) is 12.1 Å². The van der Waals surface area contributed by atoms with Crippen LogP contribution in [0.4, 0.5) is 5.69 Å². The average molecular weight is 384 g/mol. The van der Waals surface area contributed by atoms with Crippen LogP contribution >= 0.6 is 0 Å². The lowest BCUT2D eigenvalue weighted by atomic mass is 9.81. The maximum absolute atomic E-state index is 12.8. The molecule has 1 aromatic carbocycles. The molecule has 2 aliphatic carbocycles. The van der Waals surface area contributed by atoms with Crippen molar-refractivity contribution in [3.8, 4) is 0 Å². The molecule has 0 unspecified atom stereocenters. The summed E-state index contributed by atoms with van der Waals surface area (Å²) in [6.07, 6.45) is 2.91. The van der Waals surface area contributed by atoms with Crippen LogP contribution in [-0.4, -0.2) is 41.2 Å². The summed E-state index contributed by atoms with van der Waals surface area (Å²) in [5, 5.41) is 2.68. The first-order valence-corrected chi connectivity index (χ1v) is 9.77. The van der Waals surface area contributed by atoms with Crippen LogP contribution in [0.15, 0.2) is 24.3 Å². The molecule has 1 heterocycles. The lowest BCUT2D eigenvalue weighted by Crippen LogP contribution is -2.45. The van der Waals surface area contributed by atoms with Gasteiger partial charge in [-0.05, 0) is 56.6 Å². The lowest BCUT2D eigenvalue weighted by Gasteiger charge is -2.23. The van der Waals surface area contributed by atoms with Crippen molar-refractivity contribution in [2.24, 2.45) is 23.7 Å². The van der Waals surface area contributed by atoms with Crippen LogP contribution in [0.2, 0.25) is 0 Å². The molecule has 3 fully saturated rings. The van der Waals surface area contributed by atoms with E-state index < -0.39 is 24.5 Å². The van der Waals surface area contributed by atoms with Gasteiger partial charge in [0.15, 0.2) is 6.61 Å². The number of esters is 1. The summed E-state index contributed by atoms with van der Waals surface area (Å²) < 4.78 is 5.08. The zero-order valence-electron chi connectivity index (χ0n) is 16.0. The Kier molecular flexibility index (Phi) is 4.69. The lowest BCUT2D eigenvalue weighted by molar-refractivity contribution is -0.159. The number of anilines is 1. The molecule has 4 rings (SSSR count). The zero-order valence-corrected chi connectivity index (χ0v) is 16.0. The number of ether oxygens (including phenoxy) is 1. The number of fused-ring (bicyclic) bond motifs is 5. The molecule has 1 N–H and O–H groups in total. The van der Waals surface area contributed by atoms with Crippen molar-refractivity contribution in [3.05, 3.63) is 29.8 Å². The van der Waals surface area contributed by atoms with Gasteiger partial charge in [0.1, 0.15) is 6.04 Å². The Hall–Kier alpha value is -2.70. The van der Waals surface area contributed by atoms with Gasteiger partial charge in [-0.2, -0.15) is 0 Å². The van der Waals surface area contributed by atoms with E-state index in [0.717, 1.165) is 29.7 Å². The number of para-hydroxylation sites is 1. The Morgan fingerprint density at radius 1 is 1.14 bits per heavy atom. The SMILES string of the molecule is Cc1ccccc1NC(=O)COC(=O)[C@H](C)N1C(=O)[C@@H]2[C@@H]3CC[C@@H](C3)[C@@H]2C1=O. The smallest absolute Gasteiger partial charge is 0.329 e. The average Bonchev–Trinajstić information content (AvgIpc) is 3.35. The van der Waals surface area contributed by atoms with Crippen molar-refractivity contribution in [3.63, 3.8) is 0 Å². The van der Waals surface area contributed by atoms with Crippen LogP contribution in [0.1, 0.15) is 31.7 Å². The molecule has 1 aromatic rings. The first-order chi connectivity index (χ1) is 13.4. The molecule has 1 saturated heterocycles. The molecule has 7 nitrogen and oxygen atoms in total. The number of hydrogen-bond donors (Lipinski definition) is 1. The summed E-state index contributed by atoms with van der Waals surface area (Å²) in [6, 6.07) is 6.25. The molecular weight excluding hydrogens is 360 g/mol. The normalized spacial score (nSPS) is 29.0. The topological polar surface area (TPSA) is 92.8 Å². The molecule has 7 heteroatoms. The Morgan fingerprint density at radius 2 is 1.75 bits per heavy atom. The highest BCUT2D eigenvalue weighted by molar-refractivity contribution is 6.08. The van der Waals surface area contributed by atoms with Gasteiger partial charge in [0.2, 0.25) is 11.8 Å². The van der Waals surface area contributed by atoms with Crippen LogP contribution in [0.25, 0.3) is 0 Å². The van der Waals surface area contributed by atoms with Crippen molar-refractivity contribution in [2.75, 3.05) is 11.9 Å². The van der Waals surface area contributed by atoms with E-state index in [9.17, 15) is 19.2 Å². The van der Waals surface area contributed by atoms with Gasteiger partial charge in [-0.25, -0.2) is 4.79 Å². The van der Waals surface area contributed by atoms with E-state index in [2.05, 4.69) is 5.32 Å². The zero-order chi connectivity index (χ0) is 20.0. The van der Waals surface area contributed by atoms with Crippen molar-refractivity contribution >= 4 is 29.4 Å². The number of nitrogens with one attached hydrogen (secondary N) is 1. The van der Waals surface area contributed by atoms with Crippen LogP contribution in [0.5, 0.6) is 0 Å². The second kappa shape index (κ2) is 7.04. The highest BCUT2D eigenvalue weighted by atomic mass is 16.5. The minimum absolute atomic E-state index is 0.254. The van der Waals surface area contributed by atoms with E-state index in [1.165, 1.54) is 6.92 Å². The fourth-order valence-corrected chi connectivity index (χ4v) is 5.08. The van der Waals surface area contributed by atoms with Crippen LogP contribution < -0.4 is 5.32 Å². The molecule has 0 radical (unpaired) electrons. The molecule has 5 atom stereocenters. The van der Waals surface area contributed by atoms with Gasteiger partial charge in [0.25, 0.3) is 5.91 Å². The van der Waals surface area contributed by atoms with E-state index >= 15 is 0 Å². The predicted molar refractivity (Wildman–Crippen MR) is 99.9 cm³/mol. The van der Waals surface area contributed by atoms with Gasteiger partial charge in [0.05, 0.1) is 11.8 Å². The largest absolute Gasteiger partial charge is 0.454 e. The van der Waals surface area contributed by atoms with Gasteiger partial charge in [0, 0.05) is 5.69 Å². The highest BCUT2D eigenvalue weighted by Gasteiger charge is 2.62. The molecule has 3 aliphatic rings. The van der Waals surface area contributed by atoms with Gasteiger partial charge in [-0.3, -0.25) is 19.3 Å². The van der Waals surface area contributed by atoms with E-state index in [1.807, 2.05) is 19.1 Å². The molecule has 2 saturated carbocycles. The molecule has 0 spiro atoms. The van der Waals surface area contributed by atoms with Gasteiger partial charge in [-0.15, -0.1) is 0 Å². The van der Waals surface area contributed by atoms with Crippen molar-refractivity contribution in [1.29, 1.82) is 0 Å². The van der Waals surface area contributed by atoms with E-state index in [0.29, 0.717) is 5.69 Å². The number of aryl methyl sites for hydroxylation is 1. The minimum atomic E-state index is -1.02. The fourth-order valence-electron chi connectivity index (χ4n) is 5.08. The summed E-state index contributed by atoms with van der Waals surface area (Å²) >= 11 is 0. The monoisotopic (exact) mass is 384 g/mol. The predicted octanol–water partition coefficient (Wildman–Crippen LogP) is 1.90. The third kappa shape index (κ3) is 2.99. The molecule has 28 heavy (non-hydrogen) atoms. The number of carbonyl (C=O) groups is 4. The van der Waals surface area contributed by atoms with E-state index in [4.69, 9.17) is 4.74 Å².